The molecule has 0 aliphatic rings. The Bertz CT molecular complexity index is 286. The van der Waals surface area contributed by atoms with E-state index in [9.17, 15) is 0 Å². The topological polar surface area (TPSA) is 47.0 Å². The molecule has 1 rings (SSSR count). The molecule has 4 nitrogen and oxygen atoms in total. The van der Waals surface area contributed by atoms with Crippen LogP contribution < -0.4 is 5.32 Å². The molecule has 5 heteroatoms. The molecule has 78 valence electrons. The number of nitrogens with one attached hydrogen (secondary N) is 1. The number of anilines is 1. The van der Waals surface area contributed by atoms with Gasteiger partial charge in [0, 0.05) is 19.2 Å². The first-order valence-corrected chi connectivity index (χ1v) is 4.76. The molecule has 0 amide bonds. The number of aromatic nitrogens is 2. The van der Waals surface area contributed by atoms with E-state index >= 15 is 0 Å². The number of halogens is 1. The van der Waals surface area contributed by atoms with Gasteiger partial charge in [-0.2, -0.15) is 0 Å². The Kier molecular flexibility index (Phi) is 4.10. The summed E-state index contributed by atoms with van der Waals surface area (Å²) in [6.45, 7) is 4.44. The van der Waals surface area contributed by atoms with Crippen molar-refractivity contribution in [2.75, 3.05) is 19.0 Å². The van der Waals surface area contributed by atoms with Crippen molar-refractivity contribution >= 4 is 17.4 Å². The van der Waals surface area contributed by atoms with Crippen molar-refractivity contribution in [1.82, 2.24) is 9.97 Å². The molecular weight excluding hydrogens is 202 g/mol. The molecule has 0 fully saturated rings. The predicted octanol–water partition coefficient (Wildman–Crippen LogP) is 1.89. The van der Waals surface area contributed by atoms with Crippen LogP contribution in [0, 0.1) is 6.92 Å². The van der Waals surface area contributed by atoms with E-state index in [1.165, 1.54) is 0 Å². The van der Waals surface area contributed by atoms with Crippen molar-refractivity contribution in [2.24, 2.45) is 0 Å². The maximum absolute atomic E-state index is 5.79. The van der Waals surface area contributed by atoms with Crippen LogP contribution in [0.3, 0.4) is 0 Å². The second-order valence-electron chi connectivity index (χ2n) is 3.12. The van der Waals surface area contributed by atoms with Gasteiger partial charge < -0.3 is 10.1 Å². The fourth-order valence-corrected chi connectivity index (χ4v) is 1.37. The van der Waals surface area contributed by atoms with E-state index in [1.54, 1.807) is 20.1 Å². The summed E-state index contributed by atoms with van der Waals surface area (Å²) in [7, 11) is 1.66. The molecule has 0 unspecified atom stereocenters. The minimum atomic E-state index is 0.199. The number of hydrogen-bond acceptors (Lipinski definition) is 4. The maximum atomic E-state index is 5.79. The molecule has 0 saturated carbocycles. The lowest BCUT2D eigenvalue weighted by atomic mass is 10.3. The van der Waals surface area contributed by atoms with E-state index in [0.29, 0.717) is 17.6 Å². The molecule has 0 saturated heterocycles. The van der Waals surface area contributed by atoms with Gasteiger partial charge in [0.1, 0.15) is 16.8 Å². The summed E-state index contributed by atoms with van der Waals surface area (Å²) in [5, 5.41) is 3.61. The smallest absolute Gasteiger partial charge is 0.134 e. The Hall–Kier alpha value is -0.870. The van der Waals surface area contributed by atoms with E-state index in [4.69, 9.17) is 16.3 Å². The third-order valence-electron chi connectivity index (χ3n) is 1.62. The van der Waals surface area contributed by atoms with Crippen LogP contribution in [0.5, 0.6) is 0 Å². The zero-order valence-corrected chi connectivity index (χ0v) is 9.30. The van der Waals surface area contributed by atoms with Crippen molar-refractivity contribution in [2.45, 2.75) is 19.9 Å². The molecule has 0 aliphatic carbocycles. The van der Waals surface area contributed by atoms with Gasteiger partial charge in [-0.25, -0.2) is 9.97 Å². The SMILES string of the molecule is COC[C@H](C)Nc1cc(Cl)nc(C)n1. The summed E-state index contributed by atoms with van der Waals surface area (Å²) in [5.74, 6) is 1.39. The number of hydrogen-bond donors (Lipinski definition) is 1. The van der Waals surface area contributed by atoms with E-state index < -0.39 is 0 Å². The average Bonchev–Trinajstić information content (AvgIpc) is 2.01. The molecule has 1 heterocycles. The summed E-state index contributed by atoms with van der Waals surface area (Å²) in [6.07, 6.45) is 0. The number of nitrogens with zero attached hydrogens (tertiary/aromatic N) is 2. The lowest BCUT2D eigenvalue weighted by molar-refractivity contribution is 0.190. The first-order chi connectivity index (χ1) is 6.61. The first kappa shape index (κ1) is 11.2. The first-order valence-electron chi connectivity index (χ1n) is 4.38. The Labute approximate surface area is 88.7 Å². The standard InChI is InChI=1S/C9H14ClN3O/c1-6(5-14-3)11-9-4-8(10)12-7(2)13-9/h4,6H,5H2,1-3H3,(H,11,12,13)/t6-/m0/s1. The van der Waals surface area contributed by atoms with Crippen LogP contribution in [0.1, 0.15) is 12.7 Å². The normalized spacial score (nSPS) is 12.6. The average molecular weight is 216 g/mol. The number of ether oxygens (including phenoxy) is 1. The highest BCUT2D eigenvalue weighted by atomic mass is 35.5. The molecule has 0 radical (unpaired) electrons. The van der Waals surface area contributed by atoms with Gasteiger partial charge in [0.25, 0.3) is 0 Å². The van der Waals surface area contributed by atoms with Gasteiger partial charge in [-0.15, -0.1) is 0 Å². The molecule has 1 aromatic heterocycles. The predicted molar refractivity (Wildman–Crippen MR) is 56.7 cm³/mol. The molecule has 0 spiro atoms. The lowest BCUT2D eigenvalue weighted by Crippen LogP contribution is -2.21. The molecule has 0 aliphatic heterocycles. The summed E-state index contributed by atoms with van der Waals surface area (Å²) >= 11 is 5.79. The minimum Gasteiger partial charge on any atom is -0.383 e. The van der Waals surface area contributed by atoms with Gasteiger partial charge in [-0.1, -0.05) is 11.6 Å². The zero-order chi connectivity index (χ0) is 10.6. The Morgan fingerprint density at radius 3 is 2.86 bits per heavy atom. The van der Waals surface area contributed by atoms with Crippen molar-refractivity contribution in [1.29, 1.82) is 0 Å². The number of rotatable bonds is 4. The lowest BCUT2D eigenvalue weighted by Gasteiger charge is -2.13. The number of aryl methyl sites for hydroxylation is 1. The van der Waals surface area contributed by atoms with Crippen molar-refractivity contribution in [3.63, 3.8) is 0 Å². The summed E-state index contributed by atoms with van der Waals surface area (Å²) in [6, 6.07) is 1.89. The molecule has 0 bridgehead atoms. The summed E-state index contributed by atoms with van der Waals surface area (Å²) in [4.78, 5) is 8.16. The highest BCUT2D eigenvalue weighted by Crippen LogP contribution is 2.11. The van der Waals surface area contributed by atoms with Crippen LogP contribution in [-0.4, -0.2) is 29.7 Å². The van der Waals surface area contributed by atoms with E-state index in [0.717, 1.165) is 5.82 Å². The largest absolute Gasteiger partial charge is 0.383 e. The highest BCUT2D eigenvalue weighted by molar-refractivity contribution is 6.29. The Morgan fingerprint density at radius 2 is 2.29 bits per heavy atom. The van der Waals surface area contributed by atoms with E-state index in [2.05, 4.69) is 15.3 Å². The zero-order valence-electron chi connectivity index (χ0n) is 8.54. The van der Waals surface area contributed by atoms with Crippen LogP contribution in [0.15, 0.2) is 6.07 Å². The van der Waals surface area contributed by atoms with Crippen LogP contribution in [-0.2, 0) is 4.74 Å². The van der Waals surface area contributed by atoms with Gasteiger partial charge >= 0.3 is 0 Å². The minimum absolute atomic E-state index is 0.199. The number of methoxy groups -OCH3 is 1. The summed E-state index contributed by atoms with van der Waals surface area (Å²) in [5.41, 5.74) is 0. The van der Waals surface area contributed by atoms with Crippen molar-refractivity contribution in [3.8, 4) is 0 Å². The Morgan fingerprint density at radius 1 is 1.57 bits per heavy atom. The second kappa shape index (κ2) is 5.12. The monoisotopic (exact) mass is 215 g/mol. The molecular formula is C9H14ClN3O. The fourth-order valence-electron chi connectivity index (χ4n) is 1.15. The van der Waals surface area contributed by atoms with E-state index in [-0.39, 0.29) is 6.04 Å². The van der Waals surface area contributed by atoms with Gasteiger partial charge in [-0.3, -0.25) is 0 Å². The third-order valence-corrected chi connectivity index (χ3v) is 1.81. The van der Waals surface area contributed by atoms with E-state index in [1.807, 2.05) is 6.92 Å². The fraction of sp³-hybridized carbons (Fsp3) is 0.556. The third kappa shape index (κ3) is 3.47. The van der Waals surface area contributed by atoms with Crippen molar-refractivity contribution < 1.29 is 4.74 Å². The highest BCUT2D eigenvalue weighted by Gasteiger charge is 2.04. The molecule has 0 aromatic carbocycles. The molecule has 1 aromatic rings. The van der Waals surface area contributed by atoms with Crippen LogP contribution in [0.2, 0.25) is 5.15 Å². The molecule has 1 N–H and O–H groups in total. The van der Waals surface area contributed by atoms with Crippen LogP contribution in [0.25, 0.3) is 0 Å². The quantitative estimate of drug-likeness (QED) is 0.780. The Balaban J connectivity index is 2.66. The summed E-state index contributed by atoms with van der Waals surface area (Å²) < 4.78 is 5.00. The second-order valence-corrected chi connectivity index (χ2v) is 3.51. The van der Waals surface area contributed by atoms with Gasteiger partial charge in [0.05, 0.1) is 6.61 Å². The van der Waals surface area contributed by atoms with Crippen molar-refractivity contribution in [3.05, 3.63) is 17.0 Å². The van der Waals surface area contributed by atoms with Crippen LogP contribution in [0.4, 0.5) is 5.82 Å². The molecule has 14 heavy (non-hydrogen) atoms. The van der Waals surface area contributed by atoms with Gasteiger partial charge in [0.2, 0.25) is 0 Å². The van der Waals surface area contributed by atoms with Gasteiger partial charge in [-0.05, 0) is 13.8 Å². The maximum Gasteiger partial charge on any atom is 0.134 e. The van der Waals surface area contributed by atoms with Gasteiger partial charge in [0.15, 0.2) is 0 Å². The van der Waals surface area contributed by atoms with Crippen LogP contribution >= 0.6 is 11.6 Å². The molecule has 1 atom stereocenters.